The Morgan fingerprint density at radius 3 is 2.65 bits per heavy atom. The van der Waals surface area contributed by atoms with E-state index in [0.717, 1.165) is 0 Å². The lowest BCUT2D eigenvalue weighted by molar-refractivity contribution is 0.198. The van der Waals surface area contributed by atoms with E-state index in [1.54, 1.807) is 24.3 Å². The Morgan fingerprint density at radius 2 is 1.97 bits per heavy atom. The fraction of sp³-hybridized carbons (Fsp3) is 0.120. The van der Waals surface area contributed by atoms with Crippen LogP contribution in [0.1, 0.15) is 12.6 Å². The maximum absolute atomic E-state index is 12.7. The van der Waals surface area contributed by atoms with Crippen molar-refractivity contribution < 1.29 is 14.3 Å². The smallest absolute Gasteiger partial charge is 0.419 e. The summed E-state index contributed by atoms with van der Waals surface area (Å²) in [4.78, 5) is 30.9. The molecule has 0 bridgehead atoms. The van der Waals surface area contributed by atoms with Gasteiger partial charge >= 0.3 is 6.09 Å². The Labute approximate surface area is 196 Å². The third-order valence-electron chi connectivity index (χ3n) is 5.11. The summed E-state index contributed by atoms with van der Waals surface area (Å²) in [5.74, 6) is 1.04. The molecule has 1 fully saturated rings. The molecule has 0 atom stereocenters. The predicted molar refractivity (Wildman–Crippen MR) is 130 cm³/mol. The van der Waals surface area contributed by atoms with E-state index in [2.05, 4.69) is 10.1 Å². The van der Waals surface area contributed by atoms with E-state index in [1.807, 2.05) is 37.3 Å². The lowest BCUT2D eigenvalue weighted by Crippen LogP contribution is -2.23. The zero-order valence-electron chi connectivity index (χ0n) is 18.7. The van der Waals surface area contributed by atoms with Gasteiger partial charge in [-0.25, -0.2) is 14.5 Å². The molecule has 2 heterocycles. The highest BCUT2D eigenvalue weighted by molar-refractivity contribution is 6.08. The first kappa shape index (κ1) is 22.5. The SMILES string of the molecule is C/C=C1/CN(c2ccc(-n3ccc(=O)c(C(C=CN)=Nc4ccccc4)n3)c(OC)c2)C(=O)O1. The van der Waals surface area contributed by atoms with Crippen molar-refractivity contribution >= 4 is 23.2 Å². The molecule has 1 amide bonds. The van der Waals surface area contributed by atoms with Crippen LogP contribution in [0.2, 0.25) is 0 Å². The van der Waals surface area contributed by atoms with Gasteiger partial charge in [0, 0.05) is 18.3 Å². The van der Waals surface area contributed by atoms with Crippen LogP contribution in [0.4, 0.5) is 16.2 Å². The molecule has 9 heteroatoms. The molecule has 3 aromatic rings. The summed E-state index contributed by atoms with van der Waals surface area (Å²) in [5.41, 5.74) is 7.59. The maximum Gasteiger partial charge on any atom is 0.419 e. The van der Waals surface area contributed by atoms with Crippen molar-refractivity contribution in [1.29, 1.82) is 0 Å². The number of nitrogens with two attached hydrogens (primary N) is 1. The highest BCUT2D eigenvalue weighted by atomic mass is 16.6. The molecule has 9 nitrogen and oxygen atoms in total. The summed E-state index contributed by atoms with van der Waals surface area (Å²) < 4.78 is 12.3. The number of carbonyl (C=O) groups excluding carboxylic acids is 1. The largest absolute Gasteiger partial charge is 0.494 e. The van der Waals surface area contributed by atoms with Gasteiger partial charge in [0.05, 0.1) is 30.7 Å². The molecule has 0 spiro atoms. The van der Waals surface area contributed by atoms with Gasteiger partial charge in [0.15, 0.2) is 5.69 Å². The van der Waals surface area contributed by atoms with Gasteiger partial charge in [0.2, 0.25) is 5.43 Å². The Kier molecular flexibility index (Phi) is 6.54. The molecule has 0 unspecified atom stereocenters. The molecule has 172 valence electrons. The molecule has 1 saturated heterocycles. The van der Waals surface area contributed by atoms with Crippen molar-refractivity contribution in [2.75, 3.05) is 18.6 Å². The molecular formula is C25H23N5O4. The number of carbonyl (C=O) groups is 1. The molecule has 34 heavy (non-hydrogen) atoms. The van der Waals surface area contributed by atoms with Crippen LogP contribution in [-0.2, 0) is 4.74 Å². The summed E-state index contributed by atoms with van der Waals surface area (Å²) in [6.07, 6.45) is 5.67. The number of aliphatic imine (C=N–C) groups is 1. The molecule has 1 aliphatic heterocycles. The molecule has 0 radical (unpaired) electrons. The van der Waals surface area contributed by atoms with Gasteiger partial charge in [0.25, 0.3) is 0 Å². The van der Waals surface area contributed by atoms with Crippen molar-refractivity contribution in [3.63, 3.8) is 0 Å². The first-order valence-electron chi connectivity index (χ1n) is 10.5. The third-order valence-corrected chi connectivity index (χ3v) is 5.11. The maximum atomic E-state index is 12.7. The molecule has 0 saturated carbocycles. The van der Waals surface area contributed by atoms with E-state index in [-0.39, 0.29) is 11.1 Å². The number of methoxy groups -OCH3 is 1. The van der Waals surface area contributed by atoms with Crippen LogP contribution in [0.15, 0.2) is 94.7 Å². The van der Waals surface area contributed by atoms with Crippen LogP contribution in [0.3, 0.4) is 0 Å². The molecular weight excluding hydrogens is 434 g/mol. The van der Waals surface area contributed by atoms with Crippen molar-refractivity contribution in [2.24, 2.45) is 10.7 Å². The van der Waals surface area contributed by atoms with E-state index < -0.39 is 6.09 Å². The van der Waals surface area contributed by atoms with Crippen molar-refractivity contribution in [2.45, 2.75) is 6.92 Å². The summed E-state index contributed by atoms with van der Waals surface area (Å²) in [7, 11) is 1.52. The van der Waals surface area contributed by atoms with E-state index in [9.17, 15) is 9.59 Å². The van der Waals surface area contributed by atoms with Gasteiger partial charge in [-0.3, -0.25) is 9.69 Å². The second-order valence-corrected chi connectivity index (χ2v) is 7.23. The molecule has 2 N–H and O–H groups in total. The molecule has 4 rings (SSSR count). The van der Waals surface area contributed by atoms with Crippen LogP contribution < -0.4 is 20.8 Å². The number of allylic oxidation sites excluding steroid dienone is 2. The van der Waals surface area contributed by atoms with Crippen LogP contribution >= 0.6 is 0 Å². The molecule has 0 aliphatic carbocycles. The normalized spacial score (nSPS) is 15.2. The first-order chi connectivity index (χ1) is 16.5. The first-order valence-corrected chi connectivity index (χ1v) is 10.5. The van der Waals surface area contributed by atoms with Gasteiger partial charge in [0.1, 0.15) is 17.2 Å². The molecule has 2 aromatic carbocycles. The Hall–Kier alpha value is -4.66. The van der Waals surface area contributed by atoms with Gasteiger partial charge in [-0.05, 0) is 49.5 Å². The van der Waals surface area contributed by atoms with Gasteiger partial charge < -0.3 is 15.2 Å². The highest BCUT2D eigenvalue weighted by Gasteiger charge is 2.28. The number of para-hydroxylation sites is 1. The van der Waals surface area contributed by atoms with Crippen molar-refractivity contribution in [3.8, 4) is 11.4 Å². The second kappa shape index (κ2) is 9.86. The monoisotopic (exact) mass is 457 g/mol. The average Bonchev–Trinajstić information content (AvgIpc) is 3.25. The minimum atomic E-state index is -0.456. The number of anilines is 1. The number of benzene rings is 2. The van der Waals surface area contributed by atoms with Crippen LogP contribution in [-0.4, -0.2) is 35.2 Å². The fourth-order valence-corrected chi connectivity index (χ4v) is 3.41. The van der Waals surface area contributed by atoms with E-state index in [1.165, 1.54) is 41.2 Å². The third kappa shape index (κ3) is 4.58. The Morgan fingerprint density at radius 1 is 1.18 bits per heavy atom. The number of amides is 1. The van der Waals surface area contributed by atoms with Crippen molar-refractivity contribution in [1.82, 2.24) is 9.78 Å². The van der Waals surface area contributed by atoms with Crippen LogP contribution in [0.5, 0.6) is 5.75 Å². The number of cyclic esters (lactones) is 1. The number of nitrogens with zero attached hydrogens (tertiary/aromatic N) is 4. The van der Waals surface area contributed by atoms with E-state index >= 15 is 0 Å². The minimum absolute atomic E-state index is 0.125. The van der Waals surface area contributed by atoms with Gasteiger partial charge in [-0.15, -0.1) is 0 Å². The summed E-state index contributed by atoms with van der Waals surface area (Å²) >= 11 is 0. The lowest BCUT2D eigenvalue weighted by Gasteiger charge is -2.16. The quantitative estimate of drug-likeness (QED) is 0.565. The summed E-state index contributed by atoms with van der Waals surface area (Å²) in [6.45, 7) is 2.15. The lowest BCUT2D eigenvalue weighted by atomic mass is 10.2. The van der Waals surface area contributed by atoms with Crippen LogP contribution in [0.25, 0.3) is 5.69 Å². The number of hydrogen-bond acceptors (Lipinski definition) is 7. The Balaban J connectivity index is 1.76. The number of hydrogen-bond donors (Lipinski definition) is 1. The summed E-state index contributed by atoms with van der Waals surface area (Å²) in [5, 5.41) is 4.51. The minimum Gasteiger partial charge on any atom is -0.494 e. The topological polar surface area (TPSA) is 112 Å². The summed E-state index contributed by atoms with van der Waals surface area (Å²) in [6, 6.07) is 15.8. The van der Waals surface area contributed by atoms with Crippen molar-refractivity contribution in [3.05, 3.63) is 101 Å². The molecule has 1 aromatic heterocycles. The number of aromatic nitrogens is 2. The van der Waals surface area contributed by atoms with Gasteiger partial charge in [-0.2, -0.15) is 5.10 Å². The fourth-order valence-electron chi connectivity index (χ4n) is 3.41. The standard InChI is InChI=1S/C25H23N5O4/c1-3-19-16-29(25(32)34-19)18-9-10-21(23(15-18)33-2)30-14-12-22(31)24(28-30)20(11-13-26)27-17-7-5-4-6-8-17/h3-15H,16,26H2,1-2H3/b13-11?,19-3-,27-20?. The predicted octanol–water partition coefficient (Wildman–Crippen LogP) is 3.69. The zero-order chi connectivity index (χ0) is 24.1. The van der Waals surface area contributed by atoms with E-state index in [0.29, 0.717) is 40.8 Å². The van der Waals surface area contributed by atoms with E-state index in [4.69, 9.17) is 15.2 Å². The highest BCUT2D eigenvalue weighted by Crippen LogP contribution is 2.31. The Bertz CT molecular complexity index is 1360. The molecule has 1 aliphatic rings. The second-order valence-electron chi connectivity index (χ2n) is 7.23. The zero-order valence-corrected chi connectivity index (χ0v) is 18.7. The number of rotatable bonds is 6. The van der Waals surface area contributed by atoms with Crippen LogP contribution in [0, 0.1) is 0 Å². The average molecular weight is 457 g/mol. The number of ether oxygens (including phenoxy) is 2. The van der Waals surface area contributed by atoms with Gasteiger partial charge in [-0.1, -0.05) is 18.2 Å².